The van der Waals surface area contributed by atoms with E-state index in [2.05, 4.69) is 50.4 Å². The average Bonchev–Trinajstić information content (AvgIpc) is 2.85. The highest BCUT2D eigenvalue weighted by atomic mass is 16.2. The topological polar surface area (TPSA) is 32.3 Å². The monoisotopic (exact) mass is 260 g/mol. The van der Waals surface area contributed by atoms with E-state index in [1.165, 1.54) is 11.1 Å². The first-order valence-corrected chi connectivity index (χ1v) is 7.19. The molecular weight excluding hydrogens is 236 g/mol. The fourth-order valence-electron chi connectivity index (χ4n) is 2.69. The van der Waals surface area contributed by atoms with Gasteiger partial charge in [0.15, 0.2) is 0 Å². The number of carbonyl (C=O) groups is 1. The summed E-state index contributed by atoms with van der Waals surface area (Å²) in [5, 5.41) is 3.03. The quantitative estimate of drug-likeness (QED) is 0.886. The first-order chi connectivity index (χ1) is 9.09. The summed E-state index contributed by atoms with van der Waals surface area (Å²) in [5.41, 5.74) is 2.57. The van der Waals surface area contributed by atoms with Gasteiger partial charge >= 0.3 is 6.03 Å². The fourth-order valence-corrected chi connectivity index (χ4v) is 2.69. The van der Waals surface area contributed by atoms with Crippen molar-refractivity contribution >= 4 is 6.03 Å². The van der Waals surface area contributed by atoms with Crippen LogP contribution in [-0.4, -0.2) is 24.0 Å². The third-order valence-electron chi connectivity index (χ3n) is 3.72. The summed E-state index contributed by atoms with van der Waals surface area (Å²) >= 11 is 0. The number of likely N-dealkylation sites (tertiary alicyclic amines) is 1. The molecule has 0 radical (unpaired) electrons. The first kappa shape index (κ1) is 13.9. The minimum Gasteiger partial charge on any atom is -0.338 e. The van der Waals surface area contributed by atoms with Crippen LogP contribution < -0.4 is 5.32 Å². The highest BCUT2D eigenvalue weighted by Crippen LogP contribution is 2.33. The molecule has 2 amide bonds. The number of nitrogens with zero attached hydrogens (tertiary/aromatic N) is 1. The fraction of sp³-hybridized carbons (Fsp3) is 0.562. The zero-order valence-corrected chi connectivity index (χ0v) is 12.1. The van der Waals surface area contributed by atoms with Crippen LogP contribution in [0.3, 0.4) is 0 Å². The molecule has 19 heavy (non-hydrogen) atoms. The SMILES string of the molecule is Cc1ccccc1C1CCCN1C(=O)NCC(C)C. The van der Waals surface area contributed by atoms with Gasteiger partial charge in [-0.05, 0) is 36.8 Å². The Kier molecular flexibility index (Phi) is 4.46. The summed E-state index contributed by atoms with van der Waals surface area (Å²) in [5.74, 6) is 0.489. The number of aryl methyl sites for hydroxylation is 1. The number of benzene rings is 1. The maximum Gasteiger partial charge on any atom is 0.317 e. The molecule has 1 heterocycles. The van der Waals surface area contributed by atoms with E-state index < -0.39 is 0 Å². The molecular formula is C16H24N2O. The molecule has 1 atom stereocenters. The average molecular weight is 260 g/mol. The second-order valence-electron chi connectivity index (χ2n) is 5.79. The van der Waals surface area contributed by atoms with Crippen LogP contribution in [0, 0.1) is 12.8 Å². The zero-order valence-electron chi connectivity index (χ0n) is 12.1. The van der Waals surface area contributed by atoms with Gasteiger partial charge in [-0.3, -0.25) is 0 Å². The molecule has 0 aliphatic carbocycles. The van der Waals surface area contributed by atoms with Crippen molar-refractivity contribution in [3.05, 3.63) is 35.4 Å². The first-order valence-electron chi connectivity index (χ1n) is 7.19. The van der Waals surface area contributed by atoms with E-state index in [0.717, 1.165) is 25.9 Å². The maximum atomic E-state index is 12.3. The molecule has 1 aliphatic rings. The van der Waals surface area contributed by atoms with Gasteiger partial charge in [-0.2, -0.15) is 0 Å². The summed E-state index contributed by atoms with van der Waals surface area (Å²) in [4.78, 5) is 14.3. The molecule has 3 nitrogen and oxygen atoms in total. The van der Waals surface area contributed by atoms with E-state index in [4.69, 9.17) is 0 Å². The minimum absolute atomic E-state index is 0.0828. The highest BCUT2D eigenvalue weighted by molar-refractivity contribution is 5.75. The lowest BCUT2D eigenvalue weighted by Gasteiger charge is -2.27. The Morgan fingerprint density at radius 1 is 1.42 bits per heavy atom. The van der Waals surface area contributed by atoms with Gasteiger partial charge in [0.1, 0.15) is 0 Å². The predicted octanol–water partition coefficient (Wildman–Crippen LogP) is 3.50. The van der Waals surface area contributed by atoms with Crippen molar-refractivity contribution in [2.24, 2.45) is 5.92 Å². The molecule has 1 saturated heterocycles. The van der Waals surface area contributed by atoms with Crippen molar-refractivity contribution < 1.29 is 4.79 Å². The molecule has 1 aromatic carbocycles. The van der Waals surface area contributed by atoms with E-state index in [9.17, 15) is 4.79 Å². The van der Waals surface area contributed by atoms with E-state index in [1.807, 2.05) is 4.90 Å². The molecule has 104 valence electrons. The summed E-state index contributed by atoms with van der Waals surface area (Å²) < 4.78 is 0. The molecule has 0 aromatic heterocycles. The number of hydrogen-bond acceptors (Lipinski definition) is 1. The molecule has 1 N–H and O–H groups in total. The van der Waals surface area contributed by atoms with Crippen molar-refractivity contribution in [3.63, 3.8) is 0 Å². The Morgan fingerprint density at radius 2 is 2.16 bits per heavy atom. The molecule has 1 aromatic rings. The third-order valence-corrected chi connectivity index (χ3v) is 3.72. The van der Waals surface area contributed by atoms with Crippen LogP contribution in [0.5, 0.6) is 0 Å². The Bertz CT molecular complexity index is 442. The van der Waals surface area contributed by atoms with Crippen LogP contribution in [-0.2, 0) is 0 Å². The molecule has 2 rings (SSSR count). The normalized spacial score (nSPS) is 18.9. The summed E-state index contributed by atoms with van der Waals surface area (Å²) in [7, 11) is 0. The highest BCUT2D eigenvalue weighted by Gasteiger charge is 2.30. The third kappa shape index (κ3) is 3.28. The number of nitrogens with one attached hydrogen (secondary N) is 1. The van der Waals surface area contributed by atoms with E-state index >= 15 is 0 Å². The van der Waals surface area contributed by atoms with E-state index in [1.54, 1.807) is 0 Å². The number of hydrogen-bond donors (Lipinski definition) is 1. The Labute approximate surface area is 116 Å². The van der Waals surface area contributed by atoms with Crippen LogP contribution in [0.4, 0.5) is 4.79 Å². The number of rotatable bonds is 3. The molecule has 0 saturated carbocycles. The largest absolute Gasteiger partial charge is 0.338 e. The number of urea groups is 1. The van der Waals surface area contributed by atoms with Gasteiger partial charge in [0.05, 0.1) is 6.04 Å². The smallest absolute Gasteiger partial charge is 0.317 e. The van der Waals surface area contributed by atoms with Gasteiger partial charge in [0, 0.05) is 13.1 Å². The lowest BCUT2D eigenvalue weighted by molar-refractivity contribution is 0.191. The zero-order chi connectivity index (χ0) is 13.8. The summed E-state index contributed by atoms with van der Waals surface area (Å²) in [6.07, 6.45) is 2.16. The predicted molar refractivity (Wildman–Crippen MR) is 78.1 cm³/mol. The van der Waals surface area contributed by atoms with Crippen molar-refractivity contribution in [3.8, 4) is 0 Å². The molecule has 1 unspecified atom stereocenters. The maximum absolute atomic E-state index is 12.3. The summed E-state index contributed by atoms with van der Waals surface area (Å²) in [6, 6.07) is 8.71. The number of amides is 2. The van der Waals surface area contributed by atoms with E-state index in [0.29, 0.717) is 5.92 Å². The van der Waals surface area contributed by atoms with Crippen molar-refractivity contribution in [1.29, 1.82) is 0 Å². The Hall–Kier alpha value is -1.51. The second-order valence-corrected chi connectivity index (χ2v) is 5.79. The van der Waals surface area contributed by atoms with Crippen molar-refractivity contribution in [2.75, 3.05) is 13.1 Å². The lowest BCUT2D eigenvalue weighted by Crippen LogP contribution is -2.41. The van der Waals surface area contributed by atoms with Crippen LogP contribution in [0.2, 0.25) is 0 Å². The lowest BCUT2D eigenvalue weighted by atomic mass is 9.99. The van der Waals surface area contributed by atoms with E-state index in [-0.39, 0.29) is 12.1 Å². The van der Waals surface area contributed by atoms with Gasteiger partial charge in [-0.1, -0.05) is 38.1 Å². The van der Waals surface area contributed by atoms with Gasteiger partial charge < -0.3 is 10.2 Å². The van der Waals surface area contributed by atoms with Gasteiger partial charge in [0.25, 0.3) is 0 Å². The Balaban J connectivity index is 2.09. The Morgan fingerprint density at radius 3 is 2.84 bits per heavy atom. The standard InChI is InChI=1S/C16H24N2O/c1-12(2)11-17-16(19)18-10-6-9-15(18)14-8-5-4-7-13(14)3/h4-5,7-8,12,15H,6,9-11H2,1-3H3,(H,17,19). The number of carbonyl (C=O) groups excluding carboxylic acids is 1. The second kappa shape index (κ2) is 6.09. The van der Waals surface area contributed by atoms with Gasteiger partial charge in [-0.25, -0.2) is 4.79 Å². The molecule has 0 spiro atoms. The van der Waals surface area contributed by atoms with Gasteiger partial charge in [0.2, 0.25) is 0 Å². The van der Waals surface area contributed by atoms with Crippen LogP contribution in [0.25, 0.3) is 0 Å². The van der Waals surface area contributed by atoms with Crippen LogP contribution in [0.15, 0.2) is 24.3 Å². The van der Waals surface area contributed by atoms with Crippen molar-refractivity contribution in [2.45, 2.75) is 39.7 Å². The minimum atomic E-state index is 0.0828. The molecule has 3 heteroatoms. The van der Waals surface area contributed by atoms with Crippen LogP contribution in [0.1, 0.15) is 43.9 Å². The summed E-state index contributed by atoms with van der Waals surface area (Å²) in [6.45, 7) is 7.96. The molecule has 1 aliphatic heterocycles. The molecule has 0 bridgehead atoms. The van der Waals surface area contributed by atoms with Gasteiger partial charge in [-0.15, -0.1) is 0 Å². The van der Waals surface area contributed by atoms with Crippen LogP contribution >= 0.6 is 0 Å². The molecule has 1 fully saturated rings. The van der Waals surface area contributed by atoms with Crippen molar-refractivity contribution in [1.82, 2.24) is 10.2 Å².